The summed E-state index contributed by atoms with van der Waals surface area (Å²) in [6.07, 6.45) is 10.6. The highest BCUT2D eigenvalue weighted by atomic mass is 32.1. The van der Waals surface area contributed by atoms with Crippen LogP contribution >= 0.6 is 11.3 Å². The van der Waals surface area contributed by atoms with Crippen LogP contribution in [0, 0.1) is 17.8 Å². The summed E-state index contributed by atoms with van der Waals surface area (Å²) in [6, 6.07) is 11.3. The lowest BCUT2D eigenvalue weighted by Crippen LogP contribution is -2.27. The lowest BCUT2D eigenvalue weighted by Gasteiger charge is -2.17. The predicted molar refractivity (Wildman–Crippen MR) is 159 cm³/mol. The predicted octanol–water partition coefficient (Wildman–Crippen LogP) is 5.59. The van der Waals surface area contributed by atoms with Crippen molar-refractivity contribution in [2.24, 2.45) is 11.1 Å². The minimum atomic E-state index is -0.530. The van der Waals surface area contributed by atoms with Crippen molar-refractivity contribution in [3.63, 3.8) is 0 Å². The van der Waals surface area contributed by atoms with Crippen molar-refractivity contribution in [2.45, 2.75) is 27.7 Å². The first-order valence-electron chi connectivity index (χ1n) is 12.4. The zero-order valence-corrected chi connectivity index (χ0v) is 23.2. The standard InChI is InChI=1S/C30H27N7O2S/c1-6-22-26(21(13-31)25-10-9-24(40-25)16(2)38)35-28(34-22)27-20-12-17(7-8-23(20)36-37-27)18-11-19(15-32-14-18)33-29(39)30(3,4)5/h1,7-15H,31H2,2-5H3,(H,33,39)(H,34,35)(H,36,37)/b21-13-. The molecule has 0 unspecified atom stereocenters. The lowest BCUT2D eigenvalue weighted by atomic mass is 9.95. The van der Waals surface area contributed by atoms with Gasteiger partial charge in [0.2, 0.25) is 5.91 Å². The van der Waals surface area contributed by atoms with Gasteiger partial charge in [-0.2, -0.15) is 5.10 Å². The first-order chi connectivity index (χ1) is 19.1. The lowest BCUT2D eigenvalue weighted by molar-refractivity contribution is -0.123. The highest BCUT2D eigenvalue weighted by Crippen LogP contribution is 2.34. The Balaban J connectivity index is 1.53. The molecule has 0 bridgehead atoms. The number of imidazole rings is 1. The molecule has 0 fully saturated rings. The molecule has 5 N–H and O–H groups in total. The van der Waals surface area contributed by atoms with Gasteiger partial charge >= 0.3 is 0 Å². The van der Waals surface area contributed by atoms with Crippen molar-refractivity contribution < 1.29 is 9.59 Å². The van der Waals surface area contributed by atoms with E-state index in [1.54, 1.807) is 18.5 Å². The fourth-order valence-electron chi connectivity index (χ4n) is 4.09. The molecule has 0 saturated heterocycles. The molecule has 200 valence electrons. The summed E-state index contributed by atoms with van der Waals surface area (Å²) in [5, 5.41) is 11.3. The second-order valence-corrected chi connectivity index (χ2v) is 11.3. The summed E-state index contributed by atoms with van der Waals surface area (Å²) in [6.45, 7) is 7.09. The van der Waals surface area contributed by atoms with E-state index in [1.165, 1.54) is 24.5 Å². The molecule has 0 atom stereocenters. The van der Waals surface area contributed by atoms with Crippen molar-refractivity contribution >= 4 is 45.2 Å². The smallest absolute Gasteiger partial charge is 0.229 e. The quantitative estimate of drug-likeness (QED) is 0.161. The van der Waals surface area contributed by atoms with E-state index in [-0.39, 0.29) is 11.7 Å². The third-order valence-electron chi connectivity index (χ3n) is 6.29. The number of carbonyl (C=O) groups is 2. The van der Waals surface area contributed by atoms with Crippen LogP contribution in [0.2, 0.25) is 0 Å². The number of pyridine rings is 1. The maximum Gasteiger partial charge on any atom is 0.229 e. The van der Waals surface area contributed by atoms with Crippen molar-refractivity contribution in [3.8, 4) is 35.0 Å². The highest BCUT2D eigenvalue weighted by molar-refractivity contribution is 7.15. The monoisotopic (exact) mass is 549 g/mol. The van der Waals surface area contributed by atoms with Crippen molar-refractivity contribution in [1.29, 1.82) is 0 Å². The summed E-state index contributed by atoms with van der Waals surface area (Å²) in [5.41, 5.74) is 10.7. The Morgan fingerprint density at radius 1 is 1.10 bits per heavy atom. The molecule has 0 aliphatic heterocycles. The van der Waals surface area contributed by atoms with Crippen molar-refractivity contribution in [2.75, 3.05) is 5.32 Å². The summed E-state index contributed by atoms with van der Waals surface area (Å²) >= 11 is 1.33. The van der Waals surface area contributed by atoms with Gasteiger partial charge in [0.25, 0.3) is 0 Å². The third-order valence-corrected chi connectivity index (χ3v) is 7.51. The average molecular weight is 550 g/mol. The van der Waals surface area contributed by atoms with Crippen LogP contribution in [0.25, 0.3) is 39.1 Å². The molecule has 0 saturated carbocycles. The largest absolute Gasteiger partial charge is 0.404 e. The minimum Gasteiger partial charge on any atom is -0.404 e. The van der Waals surface area contributed by atoms with E-state index in [0.29, 0.717) is 39.0 Å². The molecule has 9 nitrogen and oxygen atoms in total. The average Bonchev–Trinajstić information content (AvgIpc) is 3.67. The van der Waals surface area contributed by atoms with Gasteiger partial charge < -0.3 is 16.0 Å². The Morgan fingerprint density at radius 3 is 2.55 bits per heavy atom. The highest BCUT2D eigenvalue weighted by Gasteiger charge is 2.22. The van der Waals surface area contributed by atoms with Gasteiger partial charge in [0.1, 0.15) is 17.1 Å². The summed E-state index contributed by atoms with van der Waals surface area (Å²) in [4.78, 5) is 38.0. The van der Waals surface area contributed by atoms with Crippen LogP contribution in [0.3, 0.4) is 0 Å². The molecule has 5 aromatic rings. The molecule has 4 aromatic heterocycles. The molecule has 0 spiro atoms. The molecule has 0 aliphatic carbocycles. The van der Waals surface area contributed by atoms with Gasteiger partial charge in [-0.25, -0.2) is 4.98 Å². The zero-order valence-electron chi connectivity index (χ0n) is 22.4. The molecule has 0 radical (unpaired) electrons. The second-order valence-electron chi connectivity index (χ2n) is 10.3. The number of thiophene rings is 1. The first-order valence-corrected chi connectivity index (χ1v) is 13.3. The van der Waals surface area contributed by atoms with E-state index in [2.05, 4.69) is 31.4 Å². The number of aromatic nitrogens is 5. The Bertz CT molecular complexity index is 1840. The van der Waals surface area contributed by atoms with Gasteiger partial charge in [-0.1, -0.05) is 32.8 Å². The number of hydrogen-bond acceptors (Lipinski definition) is 7. The zero-order chi connectivity index (χ0) is 28.6. The van der Waals surface area contributed by atoms with Crippen molar-refractivity contribution in [3.05, 3.63) is 76.1 Å². The molecule has 1 amide bonds. The number of H-pyrrole nitrogens is 2. The topological polar surface area (TPSA) is 142 Å². The SMILES string of the molecule is C#Cc1[nH]c(-c2n[nH]c3ccc(-c4cncc(NC(=O)C(C)(C)C)c4)cc23)nc1/C(=C\N)c1ccc(C(C)=O)s1. The number of amides is 1. The number of benzene rings is 1. The number of terminal acetylenes is 1. The summed E-state index contributed by atoms with van der Waals surface area (Å²) in [5.74, 6) is 3.00. The molecule has 0 aliphatic rings. The molecule has 5 rings (SSSR count). The van der Waals surface area contributed by atoms with Crippen LogP contribution in [0.5, 0.6) is 0 Å². The normalized spacial score (nSPS) is 11.9. The number of nitrogens with two attached hydrogens (primary N) is 1. The van der Waals surface area contributed by atoms with Crippen LogP contribution in [-0.4, -0.2) is 36.8 Å². The minimum absolute atomic E-state index is 0.0244. The van der Waals surface area contributed by atoms with Gasteiger partial charge in [0.05, 0.1) is 22.3 Å². The number of nitrogens with zero attached hydrogens (tertiary/aromatic N) is 3. The molecular formula is C30H27N7O2S. The number of carbonyl (C=O) groups excluding carboxylic acids is 2. The van der Waals surface area contributed by atoms with Gasteiger partial charge in [-0.05, 0) is 42.8 Å². The van der Waals surface area contributed by atoms with Gasteiger partial charge in [-0.3, -0.25) is 19.7 Å². The number of ketones is 1. The van der Waals surface area contributed by atoms with E-state index < -0.39 is 5.41 Å². The van der Waals surface area contributed by atoms with Gasteiger partial charge in [-0.15, -0.1) is 17.8 Å². The van der Waals surface area contributed by atoms with Gasteiger partial charge in [0.15, 0.2) is 11.6 Å². The number of anilines is 1. The van der Waals surface area contributed by atoms with E-state index in [4.69, 9.17) is 17.1 Å². The first kappa shape index (κ1) is 26.6. The fraction of sp³-hybridized carbons (Fsp3) is 0.167. The van der Waals surface area contributed by atoms with Crippen molar-refractivity contribution in [1.82, 2.24) is 25.1 Å². The number of Topliss-reactive ketones (excluding diaryl/α,β-unsaturated/α-hetero) is 1. The molecule has 40 heavy (non-hydrogen) atoms. The number of rotatable bonds is 6. The maximum atomic E-state index is 12.5. The van der Waals surface area contributed by atoms with Crippen LogP contribution in [0.15, 0.2) is 55.0 Å². The third kappa shape index (κ3) is 5.02. The van der Waals surface area contributed by atoms with Crippen LogP contribution in [0.1, 0.15) is 53.6 Å². The van der Waals surface area contributed by atoms with E-state index in [9.17, 15) is 9.59 Å². The number of aromatic amines is 2. The summed E-state index contributed by atoms with van der Waals surface area (Å²) in [7, 11) is 0. The van der Waals surface area contributed by atoms with E-state index in [0.717, 1.165) is 26.9 Å². The number of fused-ring (bicyclic) bond motifs is 1. The number of hydrogen-bond donors (Lipinski definition) is 4. The number of nitrogens with one attached hydrogen (secondary N) is 3. The molecule has 1 aromatic carbocycles. The van der Waals surface area contributed by atoms with Crippen LogP contribution < -0.4 is 11.1 Å². The second kappa shape index (κ2) is 10.3. The Hall–Kier alpha value is -5.01. The van der Waals surface area contributed by atoms with E-state index in [1.807, 2.05) is 51.1 Å². The maximum absolute atomic E-state index is 12.5. The molecule has 10 heteroatoms. The van der Waals surface area contributed by atoms with Gasteiger partial charge in [0, 0.05) is 39.2 Å². The fourth-order valence-corrected chi connectivity index (χ4v) is 5.02. The summed E-state index contributed by atoms with van der Waals surface area (Å²) < 4.78 is 0. The molecular weight excluding hydrogens is 522 g/mol. The van der Waals surface area contributed by atoms with Crippen LogP contribution in [0.4, 0.5) is 5.69 Å². The Kier molecular flexibility index (Phi) is 6.83. The Morgan fingerprint density at radius 2 is 1.88 bits per heavy atom. The van der Waals surface area contributed by atoms with E-state index >= 15 is 0 Å². The molecule has 4 heterocycles. The van der Waals surface area contributed by atoms with Crippen LogP contribution in [-0.2, 0) is 4.79 Å². The Labute approximate surface area is 235 Å².